The van der Waals surface area contributed by atoms with E-state index in [1.54, 1.807) is 0 Å². The van der Waals surface area contributed by atoms with Crippen molar-refractivity contribution < 1.29 is 19.8 Å². The van der Waals surface area contributed by atoms with Crippen molar-refractivity contribution in [3.63, 3.8) is 0 Å². The van der Waals surface area contributed by atoms with Crippen LogP contribution in [0, 0.1) is 22.2 Å². The van der Waals surface area contributed by atoms with E-state index in [4.69, 9.17) is 0 Å². The van der Waals surface area contributed by atoms with Crippen molar-refractivity contribution in [3.05, 3.63) is 0 Å². The summed E-state index contributed by atoms with van der Waals surface area (Å²) in [6.07, 6.45) is 5.07. The summed E-state index contributed by atoms with van der Waals surface area (Å²) in [4.78, 5) is 23.4. The number of aliphatic carboxylic acids is 2. The summed E-state index contributed by atoms with van der Waals surface area (Å²) in [5, 5.41) is 19.2. The minimum atomic E-state index is -0.768. The molecule has 0 amide bonds. The molecule has 2 atom stereocenters. The Hall–Kier alpha value is -1.06. The highest BCUT2D eigenvalue weighted by Crippen LogP contribution is 2.70. The molecule has 4 aliphatic rings. The topological polar surface area (TPSA) is 74.6 Å². The van der Waals surface area contributed by atoms with Crippen LogP contribution in [0.25, 0.3) is 0 Å². The van der Waals surface area contributed by atoms with E-state index in [0.717, 1.165) is 12.8 Å². The lowest BCUT2D eigenvalue weighted by molar-refractivity contribution is -0.202. The van der Waals surface area contributed by atoms with Gasteiger partial charge in [0.05, 0.1) is 10.8 Å². The van der Waals surface area contributed by atoms with Gasteiger partial charge in [-0.25, -0.2) is 0 Å². The van der Waals surface area contributed by atoms with E-state index in [0.29, 0.717) is 38.0 Å². The third-order valence-corrected chi connectivity index (χ3v) is 5.84. The van der Waals surface area contributed by atoms with Gasteiger partial charge in [0.1, 0.15) is 0 Å². The fourth-order valence-electron chi connectivity index (χ4n) is 5.51. The Morgan fingerprint density at radius 3 is 1.89 bits per heavy atom. The van der Waals surface area contributed by atoms with Crippen LogP contribution in [0.1, 0.15) is 51.9 Å². The summed E-state index contributed by atoms with van der Waals surface area (Å²) >= 11 is 0. The summed E-state index contributed by atoms with van der Waals surface area (Å²) in [5.74, 6) is -1.24. The molecule has 18 heavy (non-hydrogen) atoms. The Morgan fingerprint density at radius 2 is 1.50 bits per heavy atom. The standard InChI is InChI=1S/C14H20O4/c1-2-12-3-9-4-13(6-12,10(15)16)8-14(5-9,7-12)11(17)18/h9H,2-8H2,1H3,(H,15,16)(H,17,18)/t9?,12?,13-,14-/m0/s1. The second-order valence-electron chi connectivity index (χ2n) is 7.03. The lowest BCUT2D eigenvalue weighted by Gasteiger charge is -2.63. The second kappa shape index (κ2) is 3.28. The monoisotopic (exact) mass is 252 g/mol. The zero-order chi connectivity index (χ0) is 13.2. The molecule has 4 rings (SSSR count). The van der Waals surface area contributed by atoms with Gasteiger partial charge in [-0.2, -0.15) is 0 Å². The van der Waals surface area contributed by atoms with Crippen molar-refractivity contribution in [1.29, 1.82) is 0 Å². The maximum absolute atomic E-state index is 11.7. The van der Waals surface area contributed by atoms with Crippen LogP contribution in [0.15, 0.2) is 0 Å². The van der Waals surface area contributed by atoms with Gasteiger partial charge < -0.3 is 10.2 Å². The summed E-state index contributed by atoms with van der Waals surface area (Å²) in [6.45, 7) is 2.08. The summed E-state index contributed by atoms with van der Waals surface area (Å²) in [6, 6.07) is 0. The van der Waals surface area contributed by atoms with E-state index < -0.39 is 22.8 Å². The Balaban J connectivity index is 2.09. The molecule has 0 aliphatic heterocycles. The molecule has 0 aromatic heterocycles. The Kier molecular flexibility index (Phi) is 2.19. The van der Waals surface area contributed by atoms with E-state index in [9.17, 15) is 19.8 Å². The van der Waals surface area contributed by atoms with Gasteiger partial charge in [0, 0.05) is 0 Å². The van der Waals surface area contributed by atoms with Gasteiger partial charge in [-0.1, -0.05) is 13.3 Å². The smallest absolute Gasteiger partial charge is 0.309 e. The first-order chi connectivity index (χ1) is 8.35. The largest absolute Gasteiger partial charge is 0.481 e. The van der Waals surface area contributed by atoms with Crippen LogP contribution in [0.3, 0.4) is 0 Å². The third-order valence-electron chi connectivity index (χ3n) is 5.84. The van der Waals surface area contributed by atoms with Gasteiger partial charge in [0.2, 0.25) is 0 Å². The number of carboxylic acid groups (broad SMARTS) is 2. The van der Waals surface area contributed by atoms with Gasteiger partial charge in [0.25, 0.3) is 0 Å². The molecule has 0 saturated heterocycles. The van der Waals surface area contributed by atoms with E-state index in [-0.39, 0.29) is 5.41 Å². The predicted octanol–water partition coefficient (Wildman–Crippen LogP) is 2.52. The van der Waals surface area contributed by atoms with Crippen molar-refractivity contribution in [2.45, 2.75) is 51.9 Å². The fourth-order valence-corrected chi connectivity index (χ4v) is 5.51. The molecule has 0 spiro atoms. The first-order valence-electron chi connectivity index (χ1n) is 6.82. The lowest BCUT2D eigenvalue weighted by atomic mass is 9.39. The van der Waals surface area contributed by atoms with Crippen LogP contribution in [-0.4, -0.2) is 22.2 Å². The maximum atomic E-state index is 11.7. The van der Waals surface area contributed by atoms with Crippen LogP contribution in [0.4, 0.5) is 0 Å². The molecule has 4 aliphatic carbocycles. The predicted molar refractivity (Wildman–Crippen MR) is 64.1 cm³/mol. The molecule has 4 fully saturated rings. The molecule has 4 saturated carbocycles. The molecule has 4 nitrogen and oxygen atoms in total. The van der Waals surface area contributed by atoms with Crippen molar-refractivity contribution in [2.24, 2.45) is 22.2 Å². The van der Waals surface area contributed by atoms with E-state index >= 15 is 0 Å². The molecule has 100 valence electrons. The molecular weight excluding hydrogens is 232 g/mol. The van der Waals surface area contributed by atoms with Gasteiger partial charge in [-0.15, -0.1) is 0 Å². The van der Waals surface area contributed by atoms with Crippen LogP contribution >= 0.6 is 0 Å². The van der Waals surface area contributed by atoms with Gasteiger partial charge in [-0.3, -0.25) is 9.59 Å². The minimum absolute atomic E-state index is 0.0316. The highest BCUT2D eigenvalue weighted by Gasteiger charge is 2.67. The zero-order valence-corrected chi connectivity index (χ0v) is 10.7. The fraction of sp³-hybridized carbons (Fsp3) is 0.857. The van der Waals surface area contributed by atoms with Crippen molar-refractivity contribution >= 4 is 11.9 Å². The molecule has 0 aromatic carbocycles. The maximum Gasteiger partial charge on any atom is 0.309 e. The average Bonchev–Trinajstić information content (AvgIpc) is 2.27. The molecular formula is C14H20O4. The Morgan fingerprint density at radius 1 is 1.00 bits per heavy atom. The minimum Gasteiger partial charge on any atom is -0.481 e. The van der Waals surface area contributed by atoms with Gasteiger partial charge in [-0.05, 0) is 49.9 Å². The number of hydrogen-bond acceptors (Lipinski definition) is 2. The van der Waals surface area contributed by atoms with Crippen LogP contribution in [0.5, 0.6) is 0 Å². The molecule has 0 radical (unpaired) electrons. The molecule has 2 N–H and O–H groups in total. The Labute approximate surface area is 106 Å². The molecule has 4 heteroatoms. The SMILES string of the molecule is CCC12CC3C[C@](C(=O)O)(C1)C[C@](C(=O)O)(C3)C2. The highest BCUT2D eigenvalue weighted by atomic mass is 16.4. The number of rotatable bonds is 3. The average molecular weight is 252 g/mol. The van der Waals surface area contributed by atoms with Crippen molar-refractivity contribution in [2.75, 3.05) is 0 Å². The number of hydrogen-bond donors (Lipinski definition) is 2. The normalized spacial score (nSPS) is 49.3. The summed E-state index contributed by atoms with van der Waals surface area (Å²) < 4.78 is 0. The number of carbonyl (C=O) groups is 2. The molecule has 0 unspecified atom stereocenters. The zero-order valence-electron chi connectivity index (χ0n) is 10.7. The Bertz CT molecular complexity index is 398. The van der Waals surface area contributed by atoms with Gasteiger partial charge >= 0.3 is 11.9 Å². The third kappa shape index (κ3) is 1.32. The first-order valence-corrected chi connectivity index (χ1v) is 6.82. The van der Waals surface area contributed by atoms with Crippen molar-refractivity contribution in [3.8, 4) is 0 Å². The van der Waals surface area contributed by atoms with E-state index in [2.05, 4.69) is 6.92 Å². The van der Waals surface area contributed by atoms with Crippen molar-refractivity contribution in [1.82, 2.24) is 0 Å². The summed E-state index contributed by atoms with van der Waals surface area (Å²) in [7, 11) is 0. The van der Waals surface area contributed by atoms with Crippen LogP contribution in [-0.2, 0) is 9.59 Å². The first kappa shape index (κ1) is 12.0. The highest BCUT2D eigenvalue weighted by molar-refractivity contribution is 5.81. The lowest BCUT2D eigenvalue weighted by Crippen LogP contribution is -2.61. The second-order valence-corrected chi connectivity index (χ2v) is 7.03. The molecule has 4 bridgehead atoms. The quantitative estimate of drug-likeness (QED) is 0.809. The van der Waals surface area contributed by atoms with Gasteiger partial charge in [0.15, 0.2) is 0 Å². The summed E-state index contributed by atoms with van der Waals surface area (Å²) in [5.41, 5.74) is -1.54. The van der Waals surface area contributed by atoms with Crippen LogP contribution < -0.4 is 0 Å². The number of carboxylic acids is 2. The van der Waals surface area contributed by atoms with E-state index in [1.807, 2.05) is 0 Å². The van der Waals surface area contributed by atoms with E-state index in [1.165, 1.54) is 0 Å². The molecule has 0 aromatic rings. The van der Waals surface area contributed by atoms with Crippen LogP contribution in [0.2, 0.25) is 0 Å². The molecule has 0 heterocycles.